The van der Waals surface area contributed by atoms with Gasteiger partial charge in [-0.1, -0.05) is 19.3 Å². The van der Waals surface area contributed by atoms with Crippen LogP contribution in [0.3, 0.4) is 0 Å². The van der Waals surface area contributed by atoms with E-state index >= 15 is 0 Å². The van der Waals surface area contributed by atoms with Gasteiger partial charge in [0, 0.05) is 19.7 Å². The molecular weight excluding hydrogens is 202 g/mol. The first kappa shape index (κ1) is 12.3. The lowest BCUT2D eigenvalue weighted by Gasteiger charge is -2.52. The monoisotopic (exact) mass is 227 g/mol. The van der Waals surface area contributed by atoms with E-state index in [4.69, 9.17) is 4.74 Å². The maximum Gasteiger partial charge on any atom is 0.0897 e. The fourth-order valence-corrected chi connectivity index (χ4v) is 3.40. The fraction of sp³-hybridized carbons (Fsp3) is 1.00. The molecule has 2 fully saturated rings. The maximum atomic E-state index is 9.62. The molecule has 0 aromatic heterocycles. The molecule has 2 atom stereocenters. The highest BCUT2D eigenvalue weighted by Gasteiger charge is 2.46. The van der Waals surface area contributed by atoms with Gasteiger partial charge in [-0.15, -0.1) is 0 Å². The van der Waals surface area contributed by atoms with Crippen LogP contribution in [0.15, 0.2) is 0 Å². The first-order chi connectivity index (χ1) is 7.77. The van der Waals surface area contributed by atoms with Gasteiger partial charge in [-0.25, -0.2) is 0 Å². The number of aliphatic hydroxyl groups is 1. The van der Waals surface area contributed by atoms with Gasteiger partial charge in [-0.3, -0.25) is 0 Å². The van der Waals surface area contributed by atoms with Gasteiger partial charge < -0.3 is 15.2 Å². The van der Waals surface area contributed by atoms with Crippen LogP contribution in [0.25, 0.3) is 0 Å². The second kappa shape index (κ2) is 5.48. The molecule has 0 bridgehead atoms. The van der Waals surface area contributed by atoms with Crippen molar-refractivity contribution in [1.29, 1.82) is 0 Å². The Kier molecular flexibility index (Phi) is 4.22. The van der Waals surface area contributed by atoms with Crippen molar-refractivity contribution in [1.82, 2.24) is 5.32 Å². The Morgan fingerprint density at radius 3 is 2.62 bits per heavy atom. The second-order valence-corrected chi connectivity index (χ2v) is 5.53. The second-order valence-electron chi connectivity index (χ2n) is 5.53. The lowest BCUT2D eigenvalue weighted by Crippen LogP contribution is -2.55. The molecular formula is C13H25NO2. The van der Waals surface area contributed by atoms with Crippen LogP contribution < -0.4 is 5.32 Å². The van der Waals surface area contributed by atoms with Crippen LogP contribution in [-0.2, 0) is 4.74 Å². The van der Waals surface area contributed by atoms with Crippen LogP contribution in [0.1, 0.15) is 44.9 Å². The average molecular weight is 227 g/mol. The predicted octanol–water partition coefficient (Wildman–Crippen LogP) is 1.70. The summed E-state index contributed by atoms with van der Waals surface area (Å²) >= 11 is 0. The highest BCUT2D eigenvalue weighted by Crippen LogP contribution is 2.51. The minimum Gasteiger partial charge on any atom is -0.389 e. The molecule has 16 heavy (non-hydrogen) atoms. The first-order valence-corrected chi connectivity index (χ1v) is 6.67. The molecule has 0 saturated heterocycles. The van der Waals surface area contributed by atoms with Crippen molar-refractivity contribution in [3.05, 3.63) is 0 Å². The van der Waals surface area contributed by atoms with Crippen molar-refractivity contribution in [3.8, 4) is 0 Å². The van der Waals surface area contributed by atoms with E-state index in [1.165, 1.54) is 44.9 Å². The summed E-state index contributed by atoms with van der Waals surface area (Å²) in [7, 11) is 1.63. The smallest absolute Gasteiger partial charge is 0.0897 e. The van der Waals surface area contributed by atoms with Gasteiger partial charge in [0.25, 0.3) is 0 Å². The van der Waals surface area contributed by atoms with Crippen LogP contribution in [0.5, 0.6) is 0 Å². The predicted molar refractivity (Wildman–Crippen MR) is 64.4 cm³/mol. The molecule has 2 unspecified atom stereocenters. The summed E-state index contributed by atoms with van der Waals surface area (Å²) in [5.41, 5.74) is 0.588. The number of rotatable bonds is 5. The van der Waals surface area contributed by atoms with E-state index < -0.39 is 0 Å². The Bertz CT molecular complexity index is 214. The van der Waals surface area contributed by atoms with E-state index in [2.05, 4.69) is 5.32 Å². The van der Waals surface area contributed by atoms with E-state index in [0.717, 1.165) is 0 Å². The summed E-state index contributed by atoms with van der Waals surface area (Å²) in [6, 6.07) is 0.652. The van der Waals surface area contributed by atoms with Gasteiger partial charge in [0.15, 0.2) is 0 Å². The molecule has 2 aliphatic carbocycles. The highest BCUT2D eigenvalue weighted by atomic mass is 16.5. The third-order valence-corrected chi connectivity index (χ3v) is 4.48. The minimum atomic E-state index is -0.355. The van der Waals surface area contributed by atoms with E-state index in [9.17, 15) is 5.11 Å². The van der Waals surface area contributed by atoms with Gasteiger partial charge in [-0.2, -0.15) is 0 Å². The SMILES string of the molecule is COCC(O)CNC1CCC12CCCCC2. The topological polar surface area (TPSA) is 41.5 Å². The third kappa shape index (κ3) is 2.58. The molecule has 1 spiro atoms. The molecule has 0 amide bonds. The van der Waals surface area contributed by atoms with Crippen molar-refractivity contribution < 1.29 is 9.84 Å². The molecule has 0 aliphatic heterocycles. The first-order valence-electron chi connectivity index (χ1n) is 6.67. The number of methoxy groups -OCH3 is 1. The van der Waals surface area contributed by atoms with Gasteiger partial charge >= 0.3 is 0 Å². The average Bonchev–Trinajstić information content (AvgIpc) is 2.29. The standard InChI is InChI=1S/C13H25NO2/c1-16-10-11(15)9-14-12-5-8-13(12)6-3-2-4-7-13/h11-12,14-15H,2-10H2,1H3. The van der Waals surface area contributed by atoms with Gasteiger partial charge in [0.05, 0.1) is 12.7 Å². The summed E-state index contributed by atoms with van der Waals surface area (Å²) in [4.78, 5) is 0. The van der Waals surface area contributed by atoms with Crippen LogP contribution in [-0.4, -0.2) is 37.5 Å². The number of aliphatic hydroxyl groups excluding tert-OH is 1. The van der Waals surface area contributed by atoms with Crippen LogP contribution in [0.2, 0.25) is 0 Å². The van der Waals surface area contributed by atoms with Crippen molar-refractivity contribution in [3.63, 3.8) is 0 Å². The Morgan fingerprint density at radius 2 is 2.06 bits per heavy atom. The van der Waals surface area contributed by atoms with Crippen LogP contribution >= 0.6 is 0 Å². The lowest BCUT2D eigenvalue weighted by molar-refractivity contribution is 0.00654. The summed E-state index contributed by atoms with van der Waals surface area (Å²) in [6.07, 6.45) is 9.34. The number of nitrogens with one attached hydrogen (secondary N) is 1. The highest BCUT2D eigenvalue weighted by molar-refractivity contribution is 5.01. The van der Waals surface area contributed by atoms with Crippen molar-refractivity contribution in [2.45, 2.75) is 57.1 Å². The number of ether oxygens (including phenoxy) is 1. The fourth-order valence-electron chi connectivity index (χ4n) is 3.40. The summed E-state index contributed by atoms with van der Waals surface area (Å²) in [5.74, 6) is 0. The zero-order valence-corrected chi connectivity index (χ0v) is 10.4. The van der Waals surface area contributed by atoms with E-state index in [0.29, 0.717) is 24.6 Å². The normalized spacial score (nSPS) is 30.0. The molecule has 0 heterocycles. The molecule has 3 heteroatoms. The molecule has 3 nitrogen and oxygen atoms in total. The Balaban J connectivity index is 1.73. The van der Waals surface area contributed by atoms with Gasteiger partial charge in [0.1, 0.15) is 0 Å². The molecule has 2 N–H and O–H groups in total. The molecule has 2 saturated carbocycles. The van der Waals surface area contributed by atoms with Gasteiger partial charge in [0.2, 0.25) is 0 Å². The van der Waals surface area contributed by atoms with Gasteiger partial charge in [-0.05, 0) is 31.1 Å². The van der Waals surface area contributed by atoms with Crippen LogP contribution in [0.4, 0.5) is 0 Å². The zero-order chi connectivity index (χ0) is 11.4. The molecule has 0 aromatic carbocycles. The number of hydrogen-bond acceptors (Lipinski definition) is 3. The largest absolute Gasteiger partial charge is 0.389 e. The number of hydrogen-bond donors (Lipinski definition) is 2. The molecule has 2 rings (SSSR count). The van der Waals surface area contributed by atoms with Crippen molar-refractivity contribution in [2.24, 2.45) is 5.41 Å². The van der Waals surface area contributed by atoms with Crippen molar-refractivity contribution >= 4 is 0 Å². The minimum absolute atomic E-state index is 0.355. The molecule has 0 aromatic rings. The third-order valence-electron chi connectivity index (χ3n) is 4.48. The Labute approximate surface area is 98.6 Å². The Morgan fingerprint density at radius 1 is 1.31 bits per heavy atom. The quantitative estimate of drug-likeness (QED) is 0.751. The molecule has 94 valence electrons. The molecule has 0 radical (unpaired) electrons. The van der Waals surface area contributed by atoms with Crippen LogP contribution in [0, 0.1) is 5.41 Å². The lowest BCUT2D eigenvalue weighted by atomic mass is 9.57. The van der Waals surface area contributed by atoms with Crippen molar-refractivity contribution in [2.75, 3.05) is 20.3 Å². The van der Waals surface area contributed by atoms with E-state index in [1.54, 1.807) is 7.11 Å². The van der Waals surface area contributed by atoms with E-state index in [1.807, 2.05) is 0 Å². The summed E-state index contributed by atoms with van der Waals surface area (Å²) in [6.45, 7) is 1.12. The summed E-state index contributed by atoms with van der Waals surface area (Å²) in [5, 5.41) is 13.2. The maximum absolute atomic E-state index is 9.62. The Hall–Kier alpha value is -0.120. The molecule has 2 aliphatic rings. The zero-order valence-electron chi connectivity index (χ0n) is 10.4. The van der Waals surface area contributed by atoms with E-state index in [-0.39, 0.29) is 6.10 Å². The summed E-state index contributed by atoms with van der Waals surface area (Å²) < 4.78 is 4.93.